The summed E-state index contributed by atoms with van der Waals surface area (Å²) < 4.78 is 0. The summed E-state index contributed by atoms with van der Waals surface area (Å²) in [5.74, 6) is -0.950. The molecule has 5 heteroatoms. The molecular formula is C26H27Cl2NO2. The quantitative estimate of drug-likeness (QED) is 0.390. The smallest absolute Gasteiger partial charge is 0.186 e. The molecule has 0 amide bonds. The van der Waals surface area contributed by atoms with E-state index in [-0.39, 0.29) is 11.5 Å². The third-order valence-corrected chi connectivity index (χ3v) is 5.82. The van der Waals surface area contributed by atoms with Crippen molar-refractivity contribution in [3.05, 3.63) is 86.7 Å². The van der Waals surface area contributed by atoms with Crippen LogP contribution >= 0.6 is 23.2 Å². The molecule has 3 rings (SSSR count). The summed E-state index contributed by atoms with van der Waals surface area (Å²) in [4.78, 5) is 4.49. The van der Waals surface area contributed by atoms with Crippen molar-refractivity contribution in [2.45, 2.75) is 58.3 Å². The number of nitrogens with zero attached hydrogens (tertiary/aromatic N) is 1. The van der Waals surface area contributed by atoms with Crippen molar-refractivity contribution < 1.29 is 10.2 Å². The van der Waals surface area contributed by atoms with Crippen LogP contribution in [0.25, 0.3) is 0 Å². The van der Waals surface area contributed by atoms with Gasteiger partial charge in [-0.1, -0.05) is 70.8 Å². The summed E-state index contributed by atoms with van der Waals surface area (Å²) in [7, 11) is 0. The third-order valence-electron chi connectivity index (χ3n) is 5.39. The van der Waals surface area contributed by atoms with Gasteiger partial charge in [-0.25, -0.2) is 0 Å². The Morgan fingerprint density at radius 1 is 0.742 bits per heavy atom. The van der Waals surface area contributed by atoms with Gasteiger partial charge in [0.1, 0.15) is 0 Å². The molecule has 0 saturated heterocycles. The van der Waals surface area contributed by atoms with E-state index in [0.717, 1.165) is 0 Å². The van der Waals surface area contributed by atoms with Gasteiger partial charge in [0.05, 0.1) is 11.6 Å². The first-order chi connectivity index (χ1) is 14.3. The summed E-state index contributed by atoms with van der Waals surface area (Å²) >= 11 is 12.9. The van der Waals surface area contributed by atoms with Crippen molar-refractivity contribution in [3.63, 3.8) is 0 Å². The zero-order valence-electron chi connectivity index (χ0n) is 18.7. The number of aromatic nitrogens is 1. The molecule has 0 unspecified atom stereocenters. The summed E-state index contributed by atoms with van der Waals surface area (Å²) in [5, 5.41) is 28.1. The molecule has 2 radical (unpaired) electrons. The van der Waals surface area contributed by atoms with Crippen molar-refractivity contribution in [1.29, 1.82) is 0 Å². The fourth-order valence-electron chi connectivity index (χ4n) is 3.81. The molecule has 0 fully saturated rings. The molecule has 0 atom stereocenters. The second kappa shape index (κ2) is 8.37. The lowest BCUT2D eigenvalue weighted by Crippen LogP contribution is -2.15. The molecule has 162 valence electrons. The number of rotatable bonds is 3. The lowest BCUT2D eigenvalue weighted by molar-refractivity contribution is 0.329. The largest absolute Gasteiger partial charge is 0.289 e. The number of hydrogen-bond donors (Lipinski definition) is 0. The van der Waals surface area contributed by atoms with Crippen molar-refractivity contribution in [3.8, 4) is 11.5 Å². The molecule has 0 aliphatic rings. The molecule has 3 aromatic rings. The van der Waals surface area contributed by atoms with Crippen LogP contribution in [0.3, 0.4) is 0 Å². The lowest BCUT2D eigenvalue weighted by Gasteiger charge is -2.27. The van der Waals surface area contributed by atoms with Crippen LogP contribution in [0.2, 0.25) is 10.0 Å². The standard InChI is InChI=1S/C26H27Cl2NO2/c1-25(2,3)19-13-15(27)11-17(23(19)30)22(21-9-7-8-10-29-21)18-12-16(28)14-20(24(18)31)26(4,5)6/h7-14,22H,1-6H3. The molecule has 0 aliphatic carbocycles. The first-order valence-corrected chi connectivity index (χ1v) is 11.0. The monoisotopic (exact) mass is 455 g/mol. The summed E-state index contributed by atoms with van der Waals surface area (Å²) in [6.07, 6.45) is 1.65. The van der Waals surface area contributed by atoms with Crippen LogP contribution in [0.15, 0.2) is 48.7 Å². The van der Waals surface area contributed by atoms with E-state index in [9.17, 15) is 10.2 Å². The molecule has 0 N–H and O–H groups in total. The highest BCUT2D eigenvalue weighted by Crippen LogP contribution is 2.48. The minimum absolute atomic E-state index is 0.135. The van der Waals surface area contributed by atoms with E-state index >= 15 is 0 Å². The number of hydrogen-bond acceptors (Lipinski definition) is 1. The molecule has 0 saturated carbocycles. The van der Waals surface area contributed by atoms with Crippen molar-refractivity contribution >= 4 is 23.2 Å². The maximum Gasteiger partial charge on any atom is 0.186 e. The van der Waals surface area contributed by atoms with Crippen LogP contribution in [0.1, 0.15) is 75.4 Å². The van der Waals surface area contributed by atoms with Gasteiger partial charge < -0.3 is 0 Å². The minimum Gasteiger partial charge on any atom is -0.289 e. The van der Waals surface area contributed by atoms with Crippen molar-refractivity contribution in [2.24, 2.45) is 0 Å². The van der Waals surface area contributed by atoms with Gasteiger partial charge in [-0.15, -0.1) is 0 Å². The highest BCUT2D eigenvalue weighted by molar-refractivity contribution is 6.31. The Kier molecular flexibility index (Phi) is 6.32. The van der Waals surface area contributed by atoms with Crippen LogP contribution in [0.4, 0.5) is 0 Å². The van der Waals surface area contributed by atoms with Gasteiger partial charge in [0.25, 0.3) is 0 Å². The lowest BCUT2D eigenvalue weighted by atomic mass is 9.78. The van der Waals surface area contributed by atoms with E-state index in [1.807, 2.05) is 53.7 Å². The average Bonchev–Trinajstić information content (AvgIpc) is 2.66. The maximum absolute atomic E-state index is 13.6. The predicted octanol–water partition coefficient (Wildman–Crippen LogP) is 8.45. The van der Waals surface area contributed by atoms with Crippen LogP contribution < -0.4 is 0 Å². The van der Waals surface area contributed by atoms with Gasteiger partial charge in [0.15, 0.2) is 11.5 Å². The highest BCUT2D eigenvalue weighted by Gasteiger charge is 2.33. The van der Waals surface area contributed by atoms with Crippen LogP contribution in [-0.2, 0) is 21.0 Å². The summed E-state index contributed by atoms with van der Waals surface area (Å²) in [6.45, 7) is 11.8. The molecular weight excluding hydrogens is 429 g/mol. The Morgan fingerprint density at radius 3 is 1.55 bits per heavy atom. The Hall–Kier alpha value is -2.23. The second-order valence-corrected chi connectivity index (χ2v) is 10.8. The van der Waals surface area contributed by atoms with Crippen molar-refractivity contribution in [1.82, 2.24) is 4.98 Å². The van der Waals surface area contributed by atoms with Crippen LogP contribution in [-0.4, -0.2) is 4.98 Å². The zero-order chi connectivity index (χ0) is 23.1. The van der Waals surface area contributed by atoms with E-state index in [0.29, 0.717) is 38.0 Å². The van der Waals surface area contributed by atoms with Crippen molar-refractivity contribution in [2.75, 3.05) is 0 Å². The topological polar surface area (TPSA) is 52.7 Å². The Balaban J connectivity index is 2.40. The van der Waals surface area contributed by atoms with E-state index < -0.39 is 16.7 Å². The van der Waals surface area contributed by atoms with E-state index in [1.54, 1.807) is 36.5 Å². The Labute approximate surface area is 194 Å². The predicted molar refractivity (Wildman–Crippen MR) is 126 cm³/mol. The first kappa shape index (κ1) is 23.4. The Morgan fingerprint density at radius 2 is 1.19 bits per heavy atom. The van der Waals surface area contributed by atoms with Gasteiger partial charge >= 0.3 is 0 Å². The fourth-order valence-corrected chi connectivity index (χ4v) is 4.26. The van der Waals surface area contributed by atoms with E-state index in [4.69, 9.17) is 23.2 Å². The molecule has 0 bridgehead atoms. The molecule has 31 heavy (non-hydrogen) atoms. The summed E-state index contributed by atoms with van der Waals surface area (Å²) in [6, 6.07) is 12.2. The molecule has 0 spiro atoms. The first-order valence-electron chi connectivity index (χ1n) is 10.2. The number of halogens is 2. The molecule has 0 aliphatic heterocycles. The maximum atomic E-state index is 13.6. The third kappa shape index (κ3) is 4.83. The van der Waals surface area contributed by atoms with Gasteiger partial charge in [-0.05, 0) is 47.2 Å². The Bertz CT molecular complexity index is 1030. The molecule has 1 aromatic heterocycles. The fraction of sp³-hybridized carbons (Fsp3) is 0.346. The van der Waals surface area contributed by atoms with Gasteiger partial charge in [-0.3, -0.25) is 15.2 Å². The molecule has 3 nitrogen and oxygen atoms in total. The van der Waals surface area contributed by atoms with Gasteiger partial charge in [0, 0.05) is 38.5 Å². The van der Waals surface area contributed by atoms with Gasteiger partial charge in [-0.2, -0.15) is 0 Å². The van der Waals surface area contributed by atoms with Crippen LogP contribution in [0, 0.1) is 0 Å². The van der Waals surface area contributed by atoms with E-state index in [1.165, 1.54) is 0 Å². The zero-order valence-corrected chi connectivity index (χ0v) is 20.2. The normalized spacial score (nSPS) is 12.4. The number of pyridine rings is 1. The van der Waals surface area contributed by atoms with Gasteiger partial charge in [0.2, 0.25) is 0 Å². The minimum atomic E-state index is -0.680. The SMILES string of the molecule is CC(C)(C)c1cc(Cl)cc(C(c2ccccn2)c2cc(Cl)cc(C(C)(C)C)c2[O])c1[O]. The highest BCUT2D eigenvalue weighted by atomic mass is 35.5. The average molecular weight is 456 g/mol. The number of benzene rings is 2. The summed E-state index contributed by atoms with van der Waals surface area (Å²) in [5.41, 5.74) is 1.84. The molecule has 1 heterocycles. The molecule has 2 aromatic carbocycles. The van der Waals surface area contributed by atoms with Crippen LogP contribution in [0.5, 0.6) is 11.5 Å². The van der Waals surface area contributed by atoms with E-state index in [2.05, 4.69) is 4.98 Å². The second-order valence-electron chi connectivity index (χ2n) is 9.93.